The number of Topliss-reactive ketones (excluding diaryl/α,β-unsaturated/α-hetero) is 1. The topological polar surface area (TPSA) is 45.7 Å². The van der Waals surface area contributed by atoms with E-state index < -0.39 is 0 Å². The van der Waals surface area contributed by atoms with Gasteiger partial charge < -0.3 is 4.74 Å². The first-order valence-corrected chi connectivity index (χ1v) is 11.8. The molecular formula is C26H35N3O2. The lowest BCUT2D eigenvalue weighted by atomic mass is 9.88. The van der Waals surface area contributed by atoms with Gasteiger partial charge in [-0.1, -0.05) is 18.2 Å². The highest BCUT2D eigenvalue weighted by molar-refractivity contribution is 5.98. The molecule has 1 aromatic heterocycles. The van der Waals surface area contributed by atoms with E-state index in [0.717, 1.165) is 62.6 Å². The Morgan fingerprint density at radius 1 is 1.10 bits per heavy atom. The largest absolute Gasteiger partial charge is 0.491 e. The van der Waals surface area contributed by atoms with Crippen LogP contribution in [-0.2, 0) is 6.54 Å². The number of carbonyl (C=O) groups is 1. The minimum absolute atomic E-state index is 0.0922. The van der Waals surface area contributed by atoms with Gasteiger partial charge in [0.15, 0.2) is 5.78 Å². The first kappa shape index (κ1) is 22.0. The lowest BCUT2D eigenvalue weighted by Gasteiger charge is -2.42. The fourth-order valence-electron chi connectivity index (χ4n) is 4.95. The Morgan fingerprint density at radius 3 is 2.68 bits per heavy atom. The SMILES string of the molecule is CC(C)Oc1cccc(C(=O)[C@@H]2CCCN(C3CCN(Cc4ccccn4)CC3)C2)c1. The third-order valence-corrected chi connectivity index (χ3v) is 6.50. The number of rotatable bonds is 7. The molecule has 2 aliphatic rings. The minimum atomic E-state index is 0.0922. The van der Waals surface area contributed by atoms with Gasteiger partial charge >= 0.3 is 0 Å². The van der Waals surface area contributed by atoms with E-state index in [-0.39, 0.29) is 17.8 Å². The van der Waals surface area contributed by atoms with Gasteiger partial charge in [-0.2, -0.15) is 0 Å². The number of pyridine rings is 1. The second-order valence-electron chi connectivity index (χ2n) is 9.22. The summed E-state index contributed by atoms with van der Waals surface area (Å²) in [6.07, 6.45) is 6.42. The van der Waals surface area contributed by atoms with Crippen LogP contribution in [-0.4, -0.2) is 58.9 Å². The van der Waals surface area contributed by atoms with E-state index in [1.54, 1.807) is 0 Å². The molecule has 2 fully saturated rings. The van der Waals surface area contributed by atoms with Crippen LogP contribution in [0.5, 0.6) is 5.75 Å². The van der Waals surface area contributed by atoms with Crippen LogP contribution in [0.3, 0.4) is 0 Å². The van der Waals surface area contributed by atoms with Gasteiger partial charge in [-0.05, 0) is 70.3 Å². The number of piperidine rings is 2. The van der Waals surface area contributed by atoms with Crippen molar-refractivity contribution in [1.29, 1.82) is 0 Å². The van der Waals surface area contributed by atoms with Gasteiger partial charge in [-0.15, -0.1) is 0 Å². The fraction of sp³-hybridized carbons (Fsp3) is 0.538. The molecular weight excluding hydrogens is 386 g/mol. The van der Waals surface area contributed by atoms with Gasteiger partial charge in [0.05, 0.1) is 11.8 Å². The summed E-state index contributed by atoms with van der Waals surface area (Å²) in [6, 6.07) is 14.4. The lowest BCUT2D eigenvalue weighted by molar-refractivity contribution is 0.0582. The highest BCUT2D eigenvalue weighted by atomic mass is 16.5. The summed E-state index contributed by atoms with van der Waals surface area (Å²) in [7, 11) is 0. The third kappa shape index (κ3) is 5.92. The average molecular weight is 422 g/mol. The zero-order valence-electron chi connectivity index (χ0n) is 18.9. The maximum absolute atomic E-state index is 13.2. The number of carbonyl (C=O) groups excluding carboxylic acids is 1. The van der Waals surface area contributed by atoms with Crippen molar-refractivity contribution in [2.75, 3.05) is 26.2 Å². The van der Waals surface area contributed by atoms with Crippen molar-refractivity contribution < 1.29 is 9.53 Å². The van der Waals surface area contributed by atoms with Crippen LogP contribution in [0, 0.1) is 5.92 Å². The Kier molecular flexibility index (Phi) is 7.36. The van der Waals surface area contributed by atoms with Gasteiger partial charge in [-0.25, -0.2) is 0 Å². The van der Waals surface area contributed by atoms with Crippen LogP contribution in [0.25, 0.3) is 0 Å². The third-order valence-electron chi connectivity index (χ3n) is 6.50. The molecule has 0 bridgehead atoms. The predicted octanol–water partition coefficient (Wildman–Crippen LogP) is 4.43. The van der Waals surface area contributed by atoms with Crippen molar-refractivity contribution in [3.05, 3.63) is 59.9 Å². The maximum Gasteiger partial charge on any atom is 0.167 e. The van der Waals surface area contributed by atoms with Gasteiger partial charge in [0.25, 0.3) is 0 Å². The lowest BCUT2D eigenvalue weighted by Crippen LogP contribution is -2.49. The number of hydrogen-bond acceptors (Lipinski definition) is 5. The van der Waals surface area contributed by atoms with Crippen molar-refractivity contribution in [2.45, 2.75) is 58.2 Å². The minimum Gasteiger partial charge on any atom is -0.491 e. The number of aromatic nitrogens is 1. The van der Waals surface area contributed by atoms with E-state index in [0.29, 0.717) is 6.04 Å². The Bertz CT molecular complexity index is 847. The van der Waals surface area contributed by atoms with E-state index in [1.807, 2.05) is 50.4 Å². The number of nitrogens with zero attached hydrogens (tertiary/aromatic N) is 3. The molecule has 0 N–H and O–H groups in total. The number of ether oxygens (including phenoxy) is 1. The molecule has 31 heavy (non-hydrogen) atoms. The molecule has 2 aromatic rings. The molecule has 2 saturated heterocycles. The molecule has 0 amide bonds. The summed E-state index contributed by atoms with van der Waals surface area (Å²) < 4.78 is 5.79. The summed E-state index contributed by atoms with van der Waals surface area (Å²) >= 11 is 0. The summed E-state index contributed by atoms with van der Waals surface area (Å²) in [5.41, 5.74) is 1.93. The van der Waals surface area contributed by atoms with Crippen molar-refractivity contribution in [3.63, 3.8) is 0 Å². The van der Waals surface area contributed by atoms with Crippen LogP contribution in [0.4, 0.5) is 0 Å². The first-order chi connectivity index (χ1) is 15.1. The van der Waals surface area contributed by atoms with E-state index >= 15 is 0 Å². The Labute approximate surface area is 186 Å². The average Bonchev–Trinajstić information content (AvgIpc) is 2.80. The molecule has 0 radical (unpaired) electrons. The molecule has 0 unspecified atom stereocenters. The van der Waals surface area contributed by atoms with Crippen molar-refractivity contribution >= 4 is 5.78 Å². The highest BCUT2D eigenvalue weighted by Crippen LogP contribution is 2.27. The summed E-state index contributed by atoms with van der Waals surface area (Å²) in [5.74, 6) is 1.15. The van der Waals surface area contributed by atoms with Crippen LogP contribution in [0.1, 0.15) is 55.6 Å². The normalized spacial score (nSPS) is 21.3. The van der Waals surface area contributed by atoms with Gasteiger partial charge in [0, 0.05) is 49.9 Å². The van der Waals surface area contributed by atoms with E-state index in [9.17, 15) is 4.79 Å². The molecule has 5 nitrogen and oxygen atoms in total. The van der Waals surface area contributed by atoms with Crippen molar-refractivity contribution in [1.82, 2.24) is 14.8 Å². The number of likely N-dealkylation sites (tertiary alicyclic amines) is 2. The second kappa shape index (κ2) is 10.4. The standard InChI is InChI=1S/C26H35N3O2/c1-20(2)31-25-10-5-7-21(17-25)26(30)22-8-6-14-29(18-22)24-11-15-28(16-12-24)19-23-9-3-4-13-27-23/h3-5,7,9-10,13,17,20,22,24H,6,8,11-12,14-16,18-19H2,1-2H3/t22-/m1/s1. The fourth-order valence-corrected chi connectivity index (χ4v) is 4.95. The molecule has 5 heteroatoms. The van der Waals surface area contributed by atoms with Crippen molar-refractivity contribution in [3.8, 4) is 5.75 Å². The molecule has 3 heterocycles. The smallest absolute Gasteiger partial charge is 0.167 e. The summed E-state index contributed by atoms with van der Waals surface area (Å²) in [4.78, 5) is 22.8. The van der Waals surface area contributed by atoms with Crippen LogP contribution in [0.15, 0.2) is 48.7 Å². The number of hydrogen-bond donors (Lipinski definition) is 0. The van der Waals surface area contributed by atoms with Crippen LogP contribution in [0.2, 0.25) is 0 Å². The Morgan fingerprint density at radius 2 is 1.94 bits per heavy atom. The van der Waals surface area contributed by atoms with Gasteiger partial charge in [-0.3, -0.25) is 19.6 Å². The second-order valence-corrected chi connectivity index (χ2v) is 9.22. The molecule has 0 saturated carbocycles. The quantitative estimate of drug-likeness (QED) is 0.619. The molecule has 0 spiro atoms. The zero-order valence-corrected chi connectivity index (χ0v) is 18.9. The Hall–Kier alpha value is -2.24. The Balaban J connectivity index is 1.31. The summed E-state index contributed by atoms with van der Waals surface area (Å²) in [5, 5.41) is 0. The van der Waals surface area contributed by atoms with Crippen LogP contribution >= 0.6 is 0 Å². The monoisotopic (exact) mass is 421 g/mol. The van der Waals surface area contributed by atoms with E-state index in [1.165, 1.54) is 12.8 Å². The molecule has 166 valence electrons. The van der Waals surface area contributed by atoms with Crippen LogP contribution < -0.4 is 4.74 Å². The molecule has 4 rings (SSSR count). The molecule has 1 aromatic carbocycles. The molecule has 2 aliphatic heterocycles. The zero-order chi connectivity index (χ0) is 21.6. The molecule has 0 aliphatic carbocycles. The highest BCUT2D eigenvalue weighted by Gasteiger charge is 2.32. The van der Waals surface area contributed by atoms with Crippen molar-refractivity contribution in [2.24, 2.45) is 5.92 Å². The predicted molar refractivity (Wildman–Crippen MR) is 123 cm³/mol. The van der Waals surface area contributed by atoms with E-state index in [2.05, 4.69) is 26.9 Å². The van der Waals surface area contributed by atoms with Gasteiger partial charge in [0.2, 0.25) is 0 Å². The first-order valence-electron chi connectivity index (χ1n) is 11.8. The van der Waals surface area contributed by atoms with Gasteiger partial charge in [0.1, 0.15) is 5.75 Å². The summed E-state index contributed by atoms with van der Waals surface area (Å²) in [6.45, 7) is 9.16. The molecule has 1 atom stereocenters. The maximum atomic E-state index is 13.2. The number of benzene rings is 1. The van der Waals surface area contributed by atoms with E-state index in [4.69, 9.17) is 4.74 Å². The number of ketones is 1.